The molecule has 0 atom stereocenters. The van der Waals surface area contributed by atoms with Gasteiger partial charge in [-0.15, -0.1) is 11.3 Å². The molecule has 0 radical (unpaired) electrons. The Labute approximate surface area is 130 Å². The second-order valence-corrected chi connectivity index (χ2v) is 5.26. The quantitative estimate of drug-likeness (QED) is 0.675. The number of hydrogen-bond donors (Lipinski definition) is 0. The number of rotatable bonds is 4. The molecule has 1 aromatic carbocycles. The zero-order valence-corrected chi connectivity index (χ0v) is 12.9. The molecule has 3 rings (SSSR count). The molecular weight excluding hydrogens is 312 g/mol. The van der Waals surface area contributed by atoms with Crippen LogP contribution in [0, 0.1) is 0 Å². The van der Waals surface area contributed by atoms with E-state index >= 15 is 0 Å². The second kappa shape index (κ2) is 5.75. The maximum atomic E-state index is 5.94. The minimum Gasteiger partial charge on any atom is -0.493 e. The third-order valence-electron chi connectivity index (χ3n) is 2.84. The maximum Gasteiger partial charge on any atom is 0.232 e. The Bertz CT molecular complexity index is 769. The molecule has 0 N–H and O–H groups in total. The lowest BCUT2D eigenvalue weighted by Gasteiger charge is -2.13. The fourth-order valence-corrected chi connectivity index (χ4v) is 2.86. The van der Waals surface area contributed by atoms with Gasteiger partial charge in [-0.3, -0.25) is 0 Å². The Morgan fingerprint density at radius 2 is 1.76 bits per heavy atom. The molecule has 21 heavy (non-hydrogen) atoms. The average Bonchev–Trinajstić information content (AvgIpc) is 2.95. The Kier molecular flexibility index (Phi) is 3.81. The standard InChI is InChI=1S/C14H11ClN2O3S/c1-18-9-4-3-5-10(19-2)11(9)20-12-8-6-7-21-13(8)17-14(15)16-12/h3-7H,1-2H3. The fraction of sp³-hybridized carbons (Fsp3) is 0.143. The van der Waals surface area contributed by atoms with E-state index in [-0.39, 0.29) is 5.28 Å². The van der Waals surface area contributed by atoms with Gasteiger partial charge in [0, 0.05) is 0 Å². The molecule has 0 aliphatic carbocycles. The zero-order chi connectivity index (χ0) is 14.8. The molecule has 0 spiro atoms. The highest BCUT2D eigenvalue weighted by Crippen LogP contribution is 2.41. The van der Waals surface area contributed by atoms with Gasteiger partial charge >= 0.3 is 0 Å². The van der Waals surface area contributed by atoms with Crippen LogP contribution in [0.3, 0.4) is 0 Å². The second-order valence-electron chi connectivity index (χ2n) is 4.03. The Hall–Kier alpha value is -2.05. The molecule has 0 aliphatic rings. The molecule has 7 heteroatoms. The lowest BCUT2D eigenvalue weighted by Crippen LogP contribution is -1.96. The minimum absolute atomic E-state index is 0.133. The minimum atomic E-state index is 0.133. The van der Waals surface area contributed by atoms with E-state index in [1.165, 1.54) is 11.3 Å². The Morgan fingerprint density at radius 1 is 1.05 bits per heavy atom. The number of aromatic nitrogens is 2. The summed E-state index contributed by atoms with van der Waals surface area (Å²) in [7, 11) is 3.13. The van der Waals surface area contributed by atoms with Gasteiger partial charge in [-0.25, -0.2) is 4.98 Å². The van der Waals surface area contributed by atoms with Crippen molar-refractivity contribution in [2.24, 2.45) is 0 Å². The number of thiophene rings is 1. The summed E-state index contributed by atoms with van der Waals surface area (Å²) in [6.45, 7) is 0. The van der Waals surface area contributed by atoms with Crippen LogP contribution in [0.4, 0.5) is 0 Å². The molecule has 5 nitrogen and oxygen atoms in total. The van der Waals surface area contributed by atoms with Crippen LogP contribution in [0.1, 0.15) is 0 Å². The van der Waals surface area contributed by atoms with E-state index in [0.29, 0.717) is 23.1 Å². The first-order chi connectivity index (χ1) is 10.2. The number of methoxy groups -OCH3 is 2. The van der Waals surface area contributed by atoms with Crippen LogP contribution in [-0.2, 0) is 0 Å². The van der Waals surface area contributed by atoms with Crippen molar-refractivity contribution in [1.82, 2.24) is 9.97 Å². The highest BCUT2D eigenvalue weighted by molar-refractivity contribution is 7.16. The average molecular weight is 323 g/mol. The molecule has 0 saturated heterocycles. The number of benzene rings is 1. The summed E-state index contributed by atoms with van der Waals surface area (Å²) in [6.07, 6.45) is 0. The van der Waals surface area contributed by atoms with Crippen molar-refractivity contribution in [3.8, 4) is 23.1 Å². The summed E-state index contributed by atoms with van der Waals surface area (Å²) in [6, 6.07) is 7.27. The van der Waals surface area contributed by atoms with E-state index in [1.54, 1.807) is 26.4 Å². The van der Waals surface area contributed by atoms with Crippen molar-refractivity contribution in [3.63, 3.8) is 0 Å². The monoisotopic (exact) mass is 322 g/mol. The lowest BCUT2D eigenvalue weighted by molar-refractivity contribution is 0.343. The molecular formula is C14H11ClN2O3S. The largest absolute Gasteiger partial charge is 0.493 e. The predicted molar refractivity (Wildman–Crippen MR) is 82.0 cm³/mol. The van der Waals surface area contributed by atoms with Crippen LogP contribution in [0.15, 0.2) is 29.6 Å². The van der Waals surface area contributed by atoms with Crippen LogP contribution >= 0.6 is 22.9 Å². The SMILES string of the molecule is COc1cccc(OC)c1Oc1nc(Cl)nc2sccc12. The van der Waals surface area contributed by atoms with Gasteiger partial charge in [0.2, 0.25) is 16.9 Å². The number of ether oxygens (including phenoxy) is 3. The fourth-order valence-electron chi connectivity index (χ4n) is 1.90. The molecule has 0 fully saturated rings. The van der Waals surface area contributed by atoms with Gasteiger partial charge < -0.3 is 14.2 Å². The molecule has 0 aliphatic heterocycles. The first-order valence-corrected chi connectivity index (χ1v) is 7.28. The molecule has 3 aromatic rings. The summed E-state index contributed by atoms with van der Waals surface area (Å²) < 4.78 is 16.5. The first kappa shape index (κ1) is 13.9. The maximum absolute atomic E-state index is 5.94. The first-order valence-electron chi connectivity index (χ1n) is 6.02. The Morgan fingerprint density at radius 3 is 2.43 bits per heavy atom. The molecule has 0 saturated carbocycles. The van der Waals surface area contributed by atoms with Crippen molar-refractivity contribution < 1.29 is 14.2 Å². The normalized spacial score (nSPS) is 10.6. The van der Waals surface area contributed by atoms with Crippen molar-refractivity contribution in [2.45, 2.75) is 0 Å². The van der Waals surface area contributed by atoms with Gasteiger partial charge in [0.1, 0.15) is 4.83 Å². The number of fused-ring (bicyclic) bond motifs is 1. The molecule has 108 valence electrons. The van der Waals surface area contributed by atoms with E-state index < -0.39 is 0 Å². The van der Waals surface area contributed by atoms with Crippen LogP contribution in [0.5, 0.6) is 23.1 Å². The van der Waals surface area contributed by atoms with Crippen LogP contribution < -0.4 is 14.2 Å². The highest BCUT2D eigenvalue weighted by Gasteiger charge is 2.16. The van der Waals surface area contributed by atoms with Crippen LogP contribution in [-0.4, -0.2) is 24.2 Å². The van der Waals surface area contributed by atoms with Crippen molar-refractivity contribution in [2.75, 3.05) is 14.2 Å². The van der Waals surface area contributed by atoms with E-state index in [2.05, 4.69) is 9.97 Å². The molecule has 0 amide bonds. The summed E-state index contributed by atoms with van der Waals surface area (Å²) in [5.74, 6) is 1.92. The van der Waals surface area contributed by atoms with Gasteiger partial charge in [0.05, 0.1) is 19.6 Å². The number of para-hydroxylation sites is 1. The Balaban J connectivity index is 2.12. The summed E-state index contributed by atoms with van der Waals surface area (Å²) in [5, 5.41) is 2.83. The summed E-state index contributed by atoms with van der Waals surface area (Å²) in [4.78, 5) is 9.06. The van der Waals surface area contributed by atoms with Gasteiger partial charge in [-0.1, -0.05) is 6.07 Å². The van der Waals surface area contributed by atoms with Crippen molar-refractivity contribution in [3.05, 3.63) is 34.9 Å². The molecule has 2 aromatic heterocycles. The summed E-state index contributed by atoms with van der Waals surface area (Å²) in [5.41, 5.74) is 0. The van der Waals surface area contributed by atoms with Crippen LogP contribution in [0.2, 0.25) is 5.28 Å². The highest BCUT2D eigenvalue weighted by atomic mass is 35.5. The number of halogens is 1. The smallest absolute Gasteiger partial charge is 0.232 e. The number of hydrogen-bond acceptors (Lipinski definition) is 6. The van der Waals surface area contributed by atoms with Crippen LogP contribution in [0.25, 0.3) is 10.2 Å². The molecule has 0 bridgehead atoms. The third-order valence-corrected chi connectivity index (χ3v) is 3.82. The third kappa shape index (κ3) is 2.59. The molecule has 0 unspecified atom stereocenters. The lowest BCUT2D eigenvalue weighted by atomic mass is 10.3. The van der Waals surface area contributed by atoms with Crippen molar-refractivity contribution >= 4 is 33.2 Å². The predicted octanol–water partition coefficient (Wildman–Crippen LogP) is 4.15. The van der Waals surface area contributed by atoms with E-state index in [9.17, 15) is 0 Å². The van der Waals surface area contributed by atoms with E-state index in [4.69, 9.17) is 25.8 Å². The zero-order valence-electron chi connectivity index (χ0n) is 11.3. The summed E-state index contributed by atoms with van der Waals surface area (Å²) >= 11 is 7.40. The molecule has 2 heterocycles. The van der Waals surface area contributed by atoms with Gasteiger partial charge in [-0.05, 0) is 35.2 Å². The van der Waals surface area contributed by atoms with Crippen molar-refractivity contribution in [1.29, 1.82) is 0 Å². The van der Waals surface area contributed by atoms with Gasteiger partial charge in [0.15, 0.2) is 11.5 Å². The van der Waals surface area contributed by atoms with E-state index in [1.807, 2.05) is 17.5 Å². The van der Waals surface area contributed by atoms with E-state index in [0.717, 1.165) is 10.2 Å². The van der Waals surface area contributed by atoms with Gasteiger partial charge in [0.25, 0.3) is 0 Å². The number of nitrogens with zero attached hydrogens (tertiary/aromatic N) is 2. The van der Waals surface area contributed by atoms with Gasteiger partial charge in [-0.2, -0.15) is 4.98 Å². The topological polar surface area (TPSA) is 53.5 Å².